The lowest BCUT2D eigenvalue weighted by atomic mass is 10.3. The van der Waals surface area contributed by atoms with E-state index in [-0.39, 0.29) is 0 Å². The minimum atomic E-state index is 1.13. The van der Waals surface area contributed by atoms with Gasteiger partial charge in [0, 0.05) is 13.1 Å². The summed E-state index contributed by atoms with van der Waals surface area (Å²) in [7, 11) is 0. The van der Waals surface area contributed by atoms with E-state index in [0.717, 1.165) is 13.1 Å². The van der Waals surface area contributed by atoms with Gasteiger partial charge in [0.15, 0.2) is 0 Å². The van der Waals surface area contributed by atoms with E-state index >= 15 is 0 Å². The van der Waals surface area contributed by atoms with Gasteiger partial charge in [-0.25, -0.2) is 0 Å². The van der Waals surface area contributed by atoms with Crippen LogP contribution >= 0.6 is 0 Å². The molecule has 3 heteroatoms. The first-order chi connectivity index (χ1) is 3.50. The van der Waals surface area contributed by atoms with Crippen LogP contribution in [0.2, 0.25) is 0 Å². The Balaban J connectivity index is 2.04. The van der Waals surface area contributed by atoms with Crippen molar-refractivity contribution in [2.75, 3.05) is 13.1 Å². The van der Waals surface area contributed by atoms with E-state index < -0.39 is 0 Å². The van der Waals surface area contributed by atoms with Gasteiger partial charge in [0.2, 0.25) is 0 Å². The van der Waals surface area contributed by atoms with Crippen LogP contribution in [-0.2, 0) is 0 Å². The Kier molecular flexibility index (Phi) is 2.12. The molecule has 0 saturated carbocycles. The Bertz CT molecular complexity index is 26.5. The Morgan fingerprint density at radius 2 is 1.57 bits per heavy atom. The maximum absolute atomic E-state index is 3.11. The van der Waals surface area contributed by atoms with E-state index in [1.54, 1.807) is 0 Å². The predicted molar refractivity (Wildman–Crippen MR) is 27.2 cm³/mol. The Labute approximate surface area is 43.4 Å². The van der Waals surface area contributed by atoms with Crippen molar-refractivity contribution in [1.29, 1.82) is 0 Å². The minimum Gasteiger partial charge on any atom is -0.194 e. The van der Waals surface area contributed by atoms with Gasteiger partial charge in [-0.2, -0.15) is 16.4 Å². The molecule has 4 N–H and O–H groups in total. The SMILES string of the molecule is C1CCN[NH2+]NC1. The van der Waals surface area contributed by atoms with Gasteiger partial charge in [0.05, 0.1) is 0 Å². The van der Waals surface area contributed by atoms with Crippen LogP contribution in [0.4, 0.5) is 0 Å². The molecule has 3 nitrogen and oxygen atoms in total. The summed E-state index contributed by atoms with van der Waals surface area (Å²) < 4.78 is 0. The van der Waals surface area contributed by atoms with E-state index in [4.69, 9.17) is 0 Å². The summed E-state index contributed by atoms with van der Waals surface area (Å²) in [6.45, 7) is 2.26. The van der Waals surface area contributed by atoms with Gasteiger partial charge in [0.1, 0.15) is 0 Å². The first kappa shape index (κ1) is 5.03. The van der Waals surface area contributed by atoms with Crippen molar-refractivity contribution >= 4 is 0 Å². The summed E-state index contributed by atoms with van der Waals surface area (Å²) in [6, 6.07) is 0. The molecule has 1 rings (SSSR count). The quantitative estimate of drug-likeness (QED) is 0.321. The summed E-state index contributed by atoms with van der Waals surface area (Å²) in [5.74, 6) is 0. The van der Waals surface area contributed by atoms with E-state index in [2.05, 4.69) is 10.9 Å². The molecule has 0 amide bonds. The molecule has 0 radical (unpaired) electrons. The van der Waals surface area contributed by atoms with Crippen molar-refractivity contribution in [3.63, 3.8) is 0 Å². The minimum absolute atomic E-state index is 1.13. The maximum atomic E-state index is 3.11. The number of hydrogen-bond acceptors (Lipinski definition) is 2. The van der Waals surface area contributed by atoms with Crippen molar-refractivity contribution < 1.29 is 5.53 Å². The zero-order chi connectivity index (χ0) is 4.95. The van der Waals surface area contributed by atoms with Gasteiger partial charge < -0.3 is 0 Å². The standard InChI is InChI=1S/C4H11N3/c1-2-4-6-7-5-3-1/h5-7H,1-4H2/p+1. The third-order valence-corrected chi connectivity index (χ3v) is 1.10. The van der Waals surface area contributed by atoms with Crippen LogP contribution < -0.4 is 16.4 Å². The molecule has 1 saturated heterocycles. The summed E-state index contributed by atoms with van der Waals surface area (Å²) in [6.07, 6.45) is 2.59. The lowest BCUT2D eigenvalue weighted by Crippen LogP contribution is -3.00. The van der Waals surface area contributed by atoms with Crippen LogP contribution in [0.5, 0.6) is 0 Å². The van der Waals surface area contributed by atoms with Gasteiger partial charge >= 0.3 is 0 Å². The summed E-state index contributed by atoms with van der Waals surface area (Å²) >= 11 is 0. The second-order valence-corrected chi connectivity index (χ2v) is 1.76. The van der Waals surface area contributed by atoms with Gasteiger partial charge in [-0.1, -0.05) is 0 Å². The zero-order valence-corrected chi connectivity index (χ0v) is 4.41. The Morgan fingerprint density at radius 3 is 2.14 bits per heavy atom. The third-order valence-electron chi connectivity index (χ3n) is 1.10. The van der Waals surface area contributed by atoms with Crippen molar-refractivity contribution in [2.24, 2.45) is 0 Å². The highest BCUT2D eigenvalue weighted by atomic mass is 15.6. The molecule has 0 atom stereocenters. The highest BCUT2D eigenvalue weighted by Gasteiger charge is 1.94. The third kappa shape index (κ3) is 1.87. The lowest BCUT2D eigenvalue weighted by Gasteiger charge is -1.92. The molecule has 0 bridgehead atoms. The van der Waals surface area contributed by atoms with Gasteiger partial charge in [-0.3, -0.25) is 0 Å². The van der Waals surface area contributed by atoms with Gasteiger partial charge in [-0.05, 0) is 12.8 Å². The molecule has 1 aliphatic heterocycles. The van der Waals surface area contributed by atoms with Crippen LogP contribution in [-0.4, -0.2) is 13.1 Å². The van der Waals surface area contributed by atoms with E-state index in [1.807, 2.05) is 5.53 Å². The average Bonchev–Trinajstić information content (AvgIpc) is 1.90. The number of rotatable bonds is 0. The second kappa shape index (κ2) is 2.96. The van der Waals surface area contributed by atoms with Crippen LogP contribution in [0, 0.1) is 0 Å². The van der Waals surface area contributed by atoms with Gasteiger partial charge in [-0.15, -0.1) is 0 Å². The monoisotopic (exact) mass is 102 g/mol. The molecular weight excluding hydrogens is 90.1 g/mol. The zero-order valence-electron chi connectivity index (χ0n) is 4.41. The summed E-state index contributed by atoms with van der Waals surface area (Å²) in [4.78, 5) is 0. The van der Waals surface area contributed by atoms with E-state index in [0.29, 0.717) is 0 Å². The molecule has 0 aromatic rings. The molecule has 42 valence electrons. The van der Waals surface area contributed by atoms with Crippen LogP contribution in [0.25, 0.3) is 0 Å². The summed E-state index contributed by atoms with van der Waals surface area (Å²) in [5, 5.41) is 0. The fourth-order valence-electron chi connectivity index (χ4n) is 0.671. The molecule has 0 aromatic heterocycles. The lowest BCUT2D eigenvalue weighted by molar-refractivity contribution is -0.760. The van der Waals surface area contributed by atoms with E-state index in [1.165, 1.54) is 12.8 Å². The van der Waals surface area contributed by atoms with Crippen molar-refractivity contribution in [2.45, 2.75) is 12.8 Å². The predicted octanol–water partition coefficient (Wildman–Crippen LogP) is -1.65. The molecule has 0 aromatic carbocycles. The molecule has 1 fully saturated rings. The topological polar surface area (TPSA) is 40.7 Å². The van der Waals surface area contributed by atoms with Crippen LogP contribution in [0.1, 0.15) is 12.8 Å². The first-order valence-electron chi connectivity index (χ1n) is 2.78. The molecule has 1 aliphatic rings. The largest absolute Gasteiger partial charge is 0.194 e. The number of nitrogens with two attached hydrogens (primary N) is 1. The van der Waals surface area contributed by atoms with E-state index in [9.17, 15) is 0 Å². The number of hydrogen-bond donors (Lipinski definition) is 3. The maximum Gasteiger partial charge on any atom is 0.0465 e. The molecule has 0 aliphatic carbocycles. The van der Waals surface area contributed by atoms with Crippen LogP contribution in [0.3, 0.4) is 0 Å². The van der Waals surface area contributed by atoms with Crippen LogP contribution in [0.15, 0.2) is 0 Å². The number of nitrogens with one attached hydrogen (secondary N) is 2. The van der Waals surface area contributed by atoms with Gasteiger partial charge in [0.25, 0.3) is 0 Å². The van der Waals surface area contributed by atoms with Crippen molar-refractivity contribution in [1.82, 2.24) is 10.9 Å². The van der Waals surface area contributed by atoms with Crippen molar-refractivity contribution in [3.05, 3.63) is 0 Å². The molecular formula is C4H12N3+. The normalized spacial score (nSPS) is 24.0. The smallest absolute Gasteiger partial charge is 0.0465 e. The molecule has 0 spiro atoms. The fourth-order valence-corrected chi connectivity index (χ4v) is 0.671. The Morgan fingerprint density at radius 1 is 1.00 bits per heavy atom. The first-order valence-corrected chi connectivity index (χ1v) is 2.78. The number of quaternary nitrogens is 1. The highest BCUT2D eigenvalue weighted by Crippen LogP contribution is 1.81. The Hall–Kier alpha value is -0.120. The molecule has 0 unspecified atom stereocenters. The molecule has 1 heterocycles. The highest BCUT2D eigenvalue weighted by molar-refractivity contribution is 4.42. The van der Waals surface area contributed by atoms with Crippen molar-refractivity contribution in [3.8, 4) is 0 Å². The average molecular weight is 102 g/mol. The fraction of sp³-hybridized carbons (Fsp3) is 1.00. The summed E-state index contributed by atoms with van der Waals surface area (Å²) in [5.41, 5.74) is 8.15. The molecule has 7 heavy (non-hydrogen) atoms. The second-order valence-electron chi connectivity index (χ2n) is 1.76.